The summed E-state index contributed by atoms with van der Waals surface area (Å²) in [4.78, 5) is 12.8. The standard InChI is InChI=1S/C21H21NO3/c1-21(10-11-21)13-22-20(23)19-18(14-6-4-3-5-7-14)16-9-8-15(24-2)12-17(16)25-19/h3-9,12H,10-11,13H2,1-2H3,(H,22,23). The summed E-state index contributed by atoms with van der Waals surface area (Å²) < 4.78 is 11.2. The van der Waals surface area contributed by atoms with Gasteiger partial charge in [0.15, 0.2) is 0 Å². The molecule has 0 atom stereocenters. The van der Waals surface area contributed by atoms with E-state index in [9.17, 15) is 4.79 Å². The highest BCUT2D eigenvalue weighted by molar-refractivity contribution is 6.08. The number of methoxy groups -OCH3 is 1. The number of rotatable bonds is 5. The molecule has 3 aromatic rings. The molecule has 4 nitrogen and oxygen atoms in total. The summed E-state index contributed by atoms with van der Waals surface area (Å²) in [7, 11) is 1.62. The van der Waals surface area contributed by atoms with Crippen molar-refractivity contribution in [1.82, 2.24) is 5.32 Å². The monoisotopic (exact) mass is 335 g/mol. The molecule has 0 radical (unpaired) electrons. The highest BCUT2D eigenvalue weighted by atomic mass is 16.5. The minimum Gasteiger partial charge on any atom is -0.497 e. The molecule has 1 aliphatic carbocycles. The van der Waals surface area contributed by atoms with Gasteiger partial charge in [0.05, 0.1) is 7.11 Å². The summed E-state index contributed by atoms with van der Waals surface area (Å²) in [6.07, 6.45) is 2.33. The Kier molecular flexibility index (Phi) is 3.75. The fourth-order valence-electron chi connectivity index (χ4n) is 3.02. The number of carbonyl (C=O) groups is 1. The van der Waals surface area contributed by atoms with Gasteiger partial charge in [-0.15, -0.1) is 0 Å². The third-order valence-electron chi connectivity index (χ3n) is 4.95. The zero-order valence-electron chi connectivity index (χ0n) is 14.5. The van der Waals surface area contributed by atoms with Crippen molar-refractivity contribution in [2.24, 2.45) is 5.41 Å². The van der Waals surface area contributed by atoms with E-state index < -0.39 is 0 Å². The molecular weight excluding hydrogens is 314 g/mol. The van der Waals surface area contributed by atoms with Crippen molar-refractivity contribution < 1.29 is 13.9 Å². The lowest BCUT2D eigenvalue weighted by Crippen LogP contribution is -2.29. The molecule has 4 heteroatoms. The second kappa shape index (κ2) is 5.96. The molecule has 0 saturated heterocycles. The van der Waals surface area contributed by atoms with Crippen molar-refractivity contribution in [3.63, 3.8) is 0 Å². The predicted octanol–water partition coefficient (Wildman–Crippen LogP) is 4.64. The Balaban J connectivity index is 1.79. The van der Waals surface area contributed by atoms with Gasteiger partial charge in [0.25, 0.3) is 5.91 Å². The Bertz CT molecular complexity index is 923. The third kappa shape index (κ3) is 3.00. The van der Waals surface area contributed by atoms with E-state index in [1.165, 1.54) is 0 Å². The van der Waals surface area contributed by atoms with Crippen LogP contribution in [0.1, 0.15) is 30.3 Å². The molecule has 1 saturated carbocycles. The maximum atomic E-state index is 12.8. The number of hydrogen-bond donors (Lipinski definition) is 1. The van der Waals surface area contributed by atoms with Crippen LogP contribution in [0.25, 0.3) is 22.1 Å². The summed E-state index contributed by atoms with van der Waals surface area (Å²) in [6, 6.07) is 15.5. The summed E-state index contributed by atoms with van der Waals surface area (Å²) >= 11 is 0. The van der Waals surface area contributed by atoms with Crippen molar-refractivity contribution >= 4 is 16.9 Å². The lowest BCUT2D eigenvalue weighted by Gasteiger charge is -2.09. The Morgan fingerprint density at radius 3 is 2.64 bits per heavy atom. The van der Waals surface area contributed by atoms with Crippen LogP contribution >= 0.6 is 0 Å². The lowest BCUT2D eigenvalue weighted by atomic mass is 10.0. The zero-order chi connectivity index (χ0) is 17.4. The Hall–Kier alpha value is -2.75. The molecule has 0 unspecified atom stereocenters. The first kappa shape index (κ1) is 15.8. The number of nitrogens with one attached hydrogen (secondary N) is 1. The number of ether oxygens (including phenoxy) is 1. The van der Waals surface area contributed by atoms with Gasteiger partial charge in [-0.3, -0.25) is 4.79 Å². The van der Waals surface area contributed by atoms with Crippen molar-refractivity contribution in [2.45, 2.75) is 19.8 Å². The first-order chi connectivity index (χ1) is 12.1. The molecule has 0 spiro atoms. The molecule has 1 aromatic heterocycles. The van der Waals surface area contributed by atoms with Gasteiger partial charge in [0.2, 0.25) is 5.76 Å². The maximum Gasteiger partial charge on any atom is 0.287 e. The van der Waals surface area contributed by atoms with E-state index in [4.69, 9.17) is 9.15 Å². The number of fused-ring (bicyclic) bond motifs is 1. The zero-order valence-corrected chi connectivity index (χ0v) is 14.5. The molecule has 25 heavy (non-hydrogen) atoms. The van der Waals surface area contributed by atoms with Crippen LogP contribution in [0.3, 0.4) is 0 Å². The van der Waals surface area contributed by atoms with Gasteiger partial charge in [-0.25, -0.2) is 0 Å². The largest absolute Gasteiger partial charge is 0.497 e. The normalized spacial score (nSPS) is 15.1. The number of benzene rings is 2. The molecule has 1 fully saturated rings. The second-order valence-electron chi connectivity index (χ2n) is 7.03. The summed E-state index contributed by atoms with van der Waals surface area (Å²) in [5.74, 6) is 0.902. The number of furan rings is 1. The summed E-state index contributed by atoms with van der Waals surface area (Å²) in [5, 5.41) is 3.95. The topological polar surface area (TPSA) is 51.5 Å². The van der Waals surface area contributed by atoms with Crippen LogP contribution in [0.4, 0.5) is 0 Å². The van der Waals surface area contributed by atoms with E-state index in [0.717, 1.165) is 29.4 Å². The van der Waals surface area contributed by atoms with Crippen LogP contribution in [0.5, 0.6) is 5.75 Å². The molecule has 128 valence electrons. The predicted molar refractivity (Wildman–Crippen MR) is 97.9 cm³/mol. The van der Waals surface area contributed by atoms with Crippen molar-refractivity contribution in [3.8, 4) is 16.9 Å². The van der Waals surface area contributed by atoms with Crippen LogP contribution < -0.4 is 10.1 Å². The van der Waals surface area contributed by atoms with Gasteiger partial charge in [-0.2, -0.15) is 0 Å². The molecule has 2 aromatic carbocycles. The van der Waals surface area contributed by atoms with Crippen molar-refractivity contribution in [2.75, 3.05) is 13.7 Å². The molecule has 0 aliphatic heterocycles. The van der Waals surface area contributed by atoms with Gasteiger partial charge in [-0.1, -0.05) is 37.3 Å². The summed E-state index contributed by atoms with van der Waals surface area (Å²) in [5.41, 5.74) is 2.70. The molecule has 0 bridgehead atoms. The smallest absolute Gasteiger partial charge is 0.287 e. The molecule has 1 heterocycles. The quantitative estimate of drug-likeness (QED) is 0.739. The molecule has 1 amide bonds. The maximum absolute atomic E-state index is 12.8. The third-order valence-corrected chi connectivity index (χ3v) is 4.95. The Morgan fingerprint density at radius 1 is 1.20 bits per heavy atom. The average Bonchev–Trinajstić information content (AvgIpc) is 3.26. The first-order valence-corrected chi connectivity index (χ1v) is 8.54. The van der Waals surface area contributed by atoms with E-state index >= 15 is 0 Å². The van der Waals surface area contributed by atoms with Gasteiger partial charge in [0.1, 0.15) is 11.3 Å². The average molecular weight is 335 g/mol. The van der Waals surface area contributed by atoms with Gasteiger partial charge < -0.3 is 14.5 Å². The molecule has 4 rings (SSSR count). The Labute approximate surface area is 146 Å². The van der Waals surface area contributed by atoms with Crippen LogP contribution in [-0.4, -0.2) is 19.6 Å². The van der Waals surface area contributed by atoms with Crippen LogP contribution in [0.15, 0.2) is 52.9 Å². The first-order valence-electron chi connectivity index (χ1n) is 8.54. The highest BCUT2D eigenvalue weighted by Gasteiger charge is 2.37. The second-order valence-corrected chi connectivity index (χ2v) is 7.03. The summed E-state index contributed by atoms with van der Waals surface area (Å²) in [6.45, 7) is 2.87. The molecule has 1 N–H and O–H groups in total. The molecular formula is C21H21NO3. The minimum atomic E-state index is -0.165. The highest BCUT2D eigenvalue weighted by Crippen LogP contribution is 2.44. The van der Waals surface area contributed by atoms with Gasteiger partial charge >= 0.3 is 0 Å². The van der Waals surface area contributed by atoms with Crippen LogP contribution in [0.2, 0.25) is 0 Å². The minimum absolute atomic E-state index is 0.165. The Morgan fingerprint density at radius 2 is 1.96 bits per heavy atom. The SMILES string of the molecule is COc1ccc2c(-c3ccccc3)c(C(=O)NCC3(C)CC3)oc2c1. The fourth-order valence-corrected chi connectivity index (χ4v) is 3.02. The number of hydrogen-bond acceptors (Lipinski definition) is 3. The van der Waals surface area contributed by atoms with Crippen molar-refractivity contribution in [3.05, 3.63) is 54.3 Å². The van der Waals surface area contributed by atoms with E-state index in [2.05, 4.69) is 12.2 Å². The van der Waals surface area contributed by atoms with E-state index in [1.54, 1.807) is 7.11 Å². The molecule has 1 aliphatic rings. The van der Waals surface area contributed by atoms with E-state index in [-0.39, 0.29) is 11.3 Å². The van der Waals surface area contributed by atoms with Gasteiger partial charge in [0, 0.05) is 23.6 Å². The van der Waals surface area contributed by atoms with Gasteiger partial charge in [-0.05, 0) is 36.0 Å². The van der Waals surface area contributed by atoms with E-state index in [0.29, 0.717) is 23.6 Å². The fraction of sp³-hybridized carbons (Fsp3) is 0.286. The number of amides is 1. The lowest BCUT2D eigenvalue weighted by molar-refractivity contribution is 0.0921. The van der Waals surface area contributed by atoms with Crippen LogP contribution in [-0.2, 0) is 0 Å². The van der Waals surface area contributed by atoms with Crippen molar-refractivity contribution in [1.29, 1.82) is 0 Å². The van der Waals surface area contributed by atoms with E-state index in [1.807, 2.05) is 48.5 Å². The van der Waals surface area contributed by atoms with Crippen LogP contribution in [0, 0.1) is 5.41 Å². The number of carbonyl (C=O) groups excluding carboxylic acids is 1.